The number of non-ortho nitro benzene ring substituents is 1. The van der Waals surface area contributed by atoms with Gasteiger partial charge in [0, 0.05) is 17.0 Å². The summed E-state index contributed by atoms with van der Waals surface area (Å²) < 4.78 is 0.930. The standard InChI is InChI=1S/C13H7BrN2O4S/c14-11-4-2-8(21-11)6-15-10-3-1-7(16(19)20)5-9(10)12(17)13(15)18/h1-5H,6H2. The van der Waals surface area contributed by atoms with Gasteiger partial charge in [0.05, 0.1) is 26.5 Å². The Labute approximate surface area is 131 Å². The number of carbonyl (C=O) groups is 2. The summed E-state index contributed by atoms with van der Waals surface area (Å²) in [6, 6.07) is 7.61. The monoisotopic (exact) mass is 366 g/mol. The molecule has 0 fully saturated rings. The maximum Gasteiger partial charge on any atom is 0.299 e. The first kappa shape index (κ1) is 13.9. The first-order valence-corrected chi connectivity index (χ1v) is 7.47. The fourth-order valence-electron chi connectivity index (χ4n) is 2.15. The molecular formula is C13H7BrN2O4S. The molecule has 0 unspecified atom stereocenters. The van der Waals surface area contributed by atoms with Crippen molar-refractivity contribution in [2.24, 2.45) is 0 Å². The lowest BCUT2D eigenvalue weighted by Crippen LogP contribution is -2.28. The normalized spacial score (nSPS) is 13.7. The van der Waals surface area contributed by atoms with Crippen LogP contribution in [0.3, 0.4) is 0 Å². The van der Waals surface area contributed by atoms with Crippen LogP contribution in [-0.2, 0) is 11.3 Å². The summed E-state index contributed by atoms with van der Waals surface area (Å²) in [7, 11) is 0. The van der Waals surface area contributed by atoms with Gasteiger partial charge < -0.3 is 0 Å². The number of fused-ring (bicyclic) bond motifs is 1. The molecule has 0 aliphatic carbocycles. The molecule has 1 aromatic heterocycles. The molecule has 1 amide bonds. The Morgan fingerprint density at radius 1 is 1.24 bits per heavy atom. The number of hydrogen-bond donors (Lipinski definition) is 0. The number of thiophene rings is 1. The quantitative estimate of drug-likeness (QED) is 0.474. The van der Waals surface area contributed by atoms with Crippen LogP contribution in [0.25, 0.3) is 0 Å². The van der Waals surface area contributed by atoms with Crippen molar-refractivity contribution in [1.29, 1.82) is 0 Å². The van der Waals surface area contributed by atoms with Crippen LogP contribution in [0.5, 0.6) is 0 Å². The average Bonchev–Trinajstić information content (AvgIpc) is 2.96. The van der Waals surface area contributed by atoms with Crippen LogP contribution < -0.4 is 4.90 Å². The molecule has 0 spiro atoms. The minimum atomic E-state index is -0.704. The van der Waals surface area contributed by atoms with E-state index in [0.29, 0.717) is 5.69 Å². The van der Waals surface area contributed by atoms with E-state index in [2.05, 4.69) is 15.9 Å². The van der Waals surface area contributed by atoms with Gasteiger partial charge in [0.1, 0.15) is 0 Å². The largest absolute Gasteiger partial charge is 0.300 e. The SMILES string of the molecule is O=C1C(=O)N(Cc2ccc(Br)s2)c2ccc([N+](=O)[O-])cc21. The Morgan fingerprint density at radius 3 is 2.62 bits per heavy atom. The smallest absolute Gasteiger partial charge is 0.299 e. The molecule has 6 nitrogen and oxygen atoms in total. The van der Waals surface area contributed by atoms with Gasteiger partial charge in [0.2, 0.25) is 0 Å². The number of anilines is 1. The maximum absolute atomic E-state index is 12.1. The predicted molar refractivity (Wildman–Crippen MR) is 80.6 cm³/mol. The molecule has 3 rings (SSSR count). The molecule has 1 aromatic carbocycles. The summed E-state index contributed by atoms with van der Waals surface area (Å²) in [5, 5.41) is 10.8. The van der Waals surface area contributed by atoms with E-state index in [0.717, 1.165) is 14.7 Å². The summed E-state index contributed by atoms with van der Waals surface area (Å²) >= 11 is 4.80. The van der Waals surface area contributed by atoms with Crippen molar-refractivity contribution >= 4 is 50.3 Å². The van der Waals surface area contributed by atoms with Gasteiger partial charge >= 0.3 is 0 Å². The number of benzene rings is 1. The third-order valence-corrected chi connectivity index (χ3v) is 4.72. The van der Waals surface area contributed by atoms with Gasteiger partial charge in [-0.05, 0) is 34.1 Å². The molecule has 1 aliphatic heterocycles. The van der Waals surface area contributed by atoms with E-state index >= 15 is 0 Å². The zero-order chi connectivity index (χ0) is 15.1. The second-order valence-electron chi connectivity index (χ2n) is 4.38. The lowest BCUT2D eigenvalue weighted by molar-refractivity contribution is -0.384. The lowest BCUT2D eigenvalue weighted by Gasteiger charge is -2.15. The van der Waals surface area contributed by atoms with Crippen molar-refractivity contribution in [3.8, 4) is 0 Å². The molecule has 0 atom stereocenters. The van der Waals surface area contributed by atoms with Gasteiger partial charge in [0.25, 0.3) is 17.4 Å². The summed E-state index contributed by atoms with van der Waals surface area (Å²) in [5.41, 5.74) is 0.306. The number of Topliss-reactive ketones (excluding diaryl/α,β-unsaturated/α-hetero) is 1. The van der Waals surface area contributed by atoms with Crippen LogP contribution in [0.4, 0.5) is 11.4 Å². The molecule has 0 saturated heterocycles. The van der Waals surface area contributed by atoms with Crippen LogP contribution in [0.2, 0.25) is 0 Å². The highest BCUT2D eigenvalue weighted by molar-refractivity contribution is 9.11. The van der Waals surface area contributed by atoms with Crippen molar-refractivity contribution < 1.29 is 14.5 Å². The molecule has 0 bridgehead atoms. The average molecular weight is 367 g/mol. The zero-order valence-corrected chi connectivity index (χ0v) is 12.8. The van der Waals surface area contributed by atoms with Gasteiger partial charge in [-0.3, -0.25) is 24.6 Å². The van der Waals surface area contributed by atoms with Gasteiger partial charge in [0.15, 0.2) is 0 Å². The molecule has 0 saturated carbocycles. The second-order valence-corrected chi connectivity index (χ2v) is 6.93. The van der Waals surface area contributed by atoms with Crippen LogP contribution in [-0.4, -0.2) is 16.6 Å². The number of carbonyl (C=O) groups excluding carboxylic acids is 2. The Hall–Kier alpha value is -2.06. The number of nitro benzene ring substituents is 1. The molecule has 2 heterocycles. The summed E-state index contributed by atoms with van der Waals surface area (Å²) in [5.74, 6) is -1.36. The fraction of sp³-hybridized carbons (Fsp3) is 0.0769. The van der Waals surface area contributed by atoms with Crippen LogP contribution in [0.15, 0.2) is 34.1 Å². The number of ketones is 1. The van der Waals surface area contributed by atoms with E-state index < -0.39 is 16.6 Å². The fourth-order valence-corrected chi connectivity index (χ4v) is 3.62. The Kier molecular flexibility index (Phi) is 3.34. The minimum absolute atomic E-state index is 0.0878. The van der Waals surface area contributed by atoms with Crippen LogP contribution in [0.1, 0.15) is 15.2 Å². The molecule has 106 valence electrons. The van der Waals surface area contributed by atoms with Crippen molar-refractivity contribution in [1.82, 2.24) is 0 Å². The van der Waals surface area contributed by atoms with Crippen molar-refractivity contribution in [3.63, 3.8) is 0 Å². The van der Waals surface area contributed by atoms with Gasteiger partial charge in [-0.1, -0.05) is 0 Å². The number of amides is 1. The van der Waals surface area contributed by atoms with Crippen molar-refractivity contribution in [2.45, 2.75) is 6.54 Å². The summed E-state index contributed by atoms with van der Waals surface area (Å²) in [6.45, 7) is 0.269. The number of nitrogens with zero attached hydrogens (tertiary/aromatic N) is 2. The molecule has 0 radical (unpaired) electrons. The molecule has 0 N–H and O–H groups in total. The first-order chi connectivity index (χ1) is 9.97. The molecular weight excluding hydrogens is 360 g/mol. The maximum atomic E-state index is 12.1. The topological polar surface area (TPSA) is 80.5 Å². The molecule has 8 heteroatoms. The Morgan fingerprint density at radius 2 is 2.00 bits per heavy atom. The van der Waals surface area contributed by atoms with Gasteiger partial charge in [-0.25, -0.2) is 0 Å². The highest BCUT2D eigenvalue weighted by atomic mass is 79.9. The van der Waals surface area contributed by atoms with Crippen LogP contribution >= 0.6 is 27.3 Å². The highest BCUT2D eigenvalue weighted by Gasteiger charge is 2.37. The number of nitro groups is 1. The number of hydrogen-bond acceptors (Lipinski definition) is 5. The van der Waals surface area contributed by atoms with E-state index in [1.54, 1.807) is 0 Å². The van der Waals surface area contributed by atoms with Gasteiger partial charge in [-0.2, -0.15) is 0 Å². The van der Waals surface area contributed by atoms with E-state index in [4.69, 9.17) is 0 Å². The number of halogens is 1. The van der Waals surface area contributed by atoms with E-state index in [1.807, 2.05) is 12.1 Å². The highest BCUT2D eigenvalue weighted by Crippen LogP contribution is 2.34. The van der Waals surface area contributed by atoms with Crippen molar-refractivity contribution in [3.05, 3.63) is 54.7 Å². The van der Waals surface area contributed by atoms with E-state index in [9.17, 15) is 19.7 Å². The molecule has 1 aliphatic rings. The van der Waals surface area contributed by atoms with Crippen molar-refractivity contribution in [2.75, 3.05) is 4.90 Å². The minimum Gasteiger partial charge on any atom is -0.300 e. The second kappa shape index (κ2) is 5.05. The van der Waals surface area contributed by atoms with Gasteiger partial charge in [-0.15, -0.1) is 11.3 Å². The Balaban J connectivity index is 2.00. The third kappa shape index (κ3) is 2.36. The summed E-state index contributed by atoms with van der Waals surface area (Å²) in [6.07, 6.45) is 0. The lowest BCUT2D eigenvalue weighted by atomic mass is 10.1. The zero-order valence-electron chi connectivity index (χ0n) is 10.4. The Bertz CT molecular complexity index is 786. The molecule has 2 aromatic rings. The third-order valence-electron chi connectivity index (χ3n) is 3.11. The van der Waals surface area contributed by atoms with E-state index in [1.165, 1.54) is 28.4 Å². The molecule has 21 heavy (non-hydrogen) atoms. The summed E-state index contributed by atoms with van der Waals surface area (Å²) in [4.78, 5) is 36.4. The van der Waals surface area contributed by atoms with Crippen LogP contribution in [0, 0.1) is 10.1 Å². The number of rotatable bonds is 3. The first-order valence-electron chi connectivity index (χ1n) is 5.86. The predicted octanol–water partition coefficient (Wildman–Crippen LogP) is 3.15. The van der Waals surface area contributed by atoms with E-state index in [-0.39, 0.29) is 17.8 Å².